The SMILES string of the molecule is Cc1ccnc(N2CCC(Cn3cnc(-c4cccnc4)cc3=O)CC2)n1. The molecular weight excluding hydrogens is 340 g/mol. The van der Waals surface area contributed by atoms with E-state index in [9.17, 15) is 4.79 Å². The Balaban J connectivity index is 1.40. The standard InChI is InChI=1S/C20H22N6O/c1-15-4-8-22-20(24-15)25-9-5-16(6-10-25)13-26-14-23-18(11-19(26)27)17-3-2-7-21-12-17/h2-4,7-8,11-12,14,16H,5-6,9-10,13H2,1H3. The van der Waals surface area contributed by atoms with E-state index >= 15 is 0 Å². The molecule has 0 aliphatic carbocycles. The number of rotatable bonds is 4. The Bertz CT molecular complexity index is 963. The molecule has 0 amide bonds. The van der Waals surface area contributed by atoms with Gasteiger partial charge in [0.25, 0.3) is 5.56 Å². The van der Waals surface area contributed by atoms with Crippen molar-refractivity contribution in [2.75, 3.05) is 18.0 Å². The summed E-state index contributed by atoms with van der Waals surface area (Å²) in [6, 6.07) is 7.24. The highest BCUT2D eigenvalue weighted by molar-refractivity contribution is 5.56. The van der Waals surface area contributed by atoms with Gasteiger partial charge in [0.05, 0.1) is 12.0 Å². The maximum atomic E-state index is 12.5. The van der Waals surface area contributed by atoms with E-state index in [1.807, 2.05) is 25.1 Å². The van der Waals surface area contributed by atoms with Gasteiger partial charge in [0.1, 0.15) is 0 Å². The van der Waals surface area contributed by atoms with Crippen molar-refractivity contribution in [1.29, 1.82) is 0 Å². The van der Waals surface area contributed by atoms with Crippen LogP contribution in [0.1, 0.15) is 18.5 Å². The van der Waals surface area contributed by atoms with Crippen LogP contribution in [0.5, 0.6) is 0 Å². The number of piperidine rings is 1. The fraction of sp³-hybridized carbons (Fsp3) is 0.350. The molecule has 0 spiro atoms. The van der Waals surface area contributed by atoms with E-state index in [2.05, 4.69) is 24.8 Å². The van der Waals surface area contributed by atoms with Gasteiger partial charge in [0.2, 0.25) is 5.95 Å². The van der Waals surface area contributed by atoms with E-state index in [-0.39, 0.29) is 5.56 Å². The third kappa shape index (κ3) is 4.02. The van der Waals surface area contributed by atoms with Crippen LogP contribution < -0.4 is 10.5 Å². The van der Waals surface area contributed by atoms with Gasteiger partial charge in [0.15, 0.2) is 0 Å². The molecule has 1 fully saturated rings. The Morgan fingerprint density at radius 2 is 2.00 bits per heavy atom. The summed E-state index contributed by atoms with van der Waals surface area (Å²) in [5.74, 6) is 1.25. The first kappa shape index (κ1) is 17.3. The second-order valence-electron chi connectivity index (χ2n) is 6.93. The quantitative estimate of drug-likeness (QED) is 0.709. The summed E-state index contributed by atoms with van der Waals surface area (Å²) in [6.45, 7) is 4.49. The summed E-state index contributed by atoms with van der Waals surface area (Å²) >= 11 is 0. The summed E-state index contributed by atoms with van der Waals surface area (Å²) in [7, 11) is 0. The van der Waals surface area contributed by atoms with Gasteiger partial charge >= 0.3 is 0 Å². The number of pyridine rings is 1. The van der Waals surface area contributed by atoms with Crippen LogP contribution in [0.15, 0.2) is 54.0 Å². The van der Waals surface area contributed by atoms with E-state index in [1.54, 1.807) is 35.6 Å². The minimum absolute atomic E-state index is 0.0201. The van der Waals surface area contributed by atoms with Crippen LogP contribution in [0.4, 0.5) is 5.95 Å². The highest BCUT2D eigenvalue weighted by atomic mass is 16.1. The maximum Gasteiger partial charge on any atom is 0.253 e. The second kappa shape index (κ2) is 7.65. The third-order valence-corrected chi connectivity index (χ3v) is 4.97. The Morgan fingerprint density at radius 3 is 2.70 bits per heavy atom. The monoisotopic (exact) mass is 362 g/mol. The van der Waals surface area contributed by atoms with Gasteiger partial charge < -0.3 is 4.90 Å². The van der Waals surface area contributed by atoms with Crippen LogP contribution >= 0.6 is 0 Å². The molecule has 7 heteroatoms. The van der Waals surface area contributed by atoms with Crippen LogP contribution in [0.3, 0.4) is 0 Å². The first-order valence-electron chi connectivity index (χ1n) is 9.20. The van der Waals surface area contributed by atoms with Crippen molar-refractivity contribution in [2.45, 2.75) is 26.3 Å². The third-order valence-electron chi connectivity index (χ3n) is 4.97. The van der Waals surface area contributed by atoms with E-state index in [1.165, 1.54) is 0 Å². The molecule has 1 aliphatic rings. The summed E-state index contributed by atoms with van der Waals surface area (Å²) in [4.78, 5) is 32.1. The highest BCUT2D eigenvalue weighted by Crippen LogP contribution is 2.22. The average Bonchev–Trinajstić information content (AvgIpc) is 2.71. The molecular formula is C20H22N6O. The second-order valence-corrected chi connectivity index (χ2v) is 6.93. The van der Waals surface area contributed by atoms with Crippen molar-refractivity contribution in [3.05, 3.63) is 65.2 Å². The van der Waals surface area contributed by atoms with Crippen molar-refractivity contribution < 1.29 is 0 Å². The molecule has 3 aromatic rings. The highest BCUT2D eigenvalue weighted by Gasteiger charge is 2.21. The number of aryl methyl sites for hydroxylation is 1. The smallest absolute Gasteiger partial charge is 0.253 e. The minimum atomic E-state index is -0.0201. The normalized spacial score (nSPS) is 15.1. The Kier molecular flexibility index (Phi) is 4.91. The fourth-order valence-electron chi connectivity index (χ4n) is 3.42. The van der Waals surface area contributed by atoms with Crippen molar-refractivity contribution >= 4 is 5.95 Å². The van der Waals surface area contributed by atoms with E-state index in [0.29, 0.717) is 18.2 Å². The first-order valence-corrected chi connectivity index (χ1v) is 9.20. The van der Waals surface area contributed by atoms with Gasteiger partial charge in [-0.3, -0.25) is 14.3 Å². The zero-order valence-electron chi connectivity index (χ0n) is 15.3. The molecule has 4 rings (SSSR count). The zero-order chi connectivity index (χ0) is 18.6. The van der Waals surface area contributed by atoms with Crippen LogP contribution in [0, 0.1) is 12.8 Å². The summed E-state index contributed by atoms with van der Waals surface area (Å²) in [6.07, 6.45) is 8.90. The molecule has 1 saturated heterocycles. The van der Waals surface area contributed by atoms with Crippen molar-refractivity contribution in [2.24, 2.45) is 5.92 Å². The molecule has 3 aromatic heterocycles. The molecule has 0 saturated carbocycles. The Morgan fingerprint density at radius 1 is 1.15 bits per heavy atom. The van der Waals surface area contributed by atoms with E-state index < -0.39 is 0 Å². The summed E-state index contributed by atoms with van der Waals surface area (Å²) in [5.41, 5.74) is 2.48. The number of anilines is 1. The van der Waals surface area contributed by atoms with Crippen LogP contribution in [-0.2, 0) is 6.54 Å². The number of nitrogens with zero attached hydrogens (tertiary/aromatic N) is 6. The van der Waals surface area contributed by atoms with Gasteiger partial charge in [-0.1, -0.05) is 0 Å². The zero-order valence-corrected chi connectivity index (χ0v) is 15.3. The lowest BCUT2D eigenvalue weighted by molar-refractivity contribution is 0.349. The molecule has 0 unspecified atom stereocenters. The molecule has 0 atom stereocenters. The molecule has 4 heterocycles. The van der Waals surface area contributed by atoms with Gasteiger partial charge in [-0.2, -0.15) is 0 Å². The van der Waals surface area contributed by atoms with Gasteiger partial charge in [-0.05, 0) is 43.9 Å². The number of hydrogen-bond acceptors (Lipinski definition) is 6. The van der Waals surface area contributed by atoms with Crippen LogP contribution in [0.2, 0.25) is 0 Å². The van der Waals surface area contributed by atoms with Crippen LogP contribution in [-0.4, -0.2) is 37.6 Å². The lowest BCUT2D eigenvalue weighted by Crippen LogP contribution is -2.37. The average molecular weight is 362 g/mol. The molecule has 0 aromatic carbocycles. The molecule has 7 nitrogen and oxygen atoms in total. The molecule has 0 bridgehead atoms. The van der Waals surface area contributed by atoms with Crippen LogP contribution in [0.25, 0.3) is 11.3 Å². The molecule has 0 N–H and O–H groups in total. The maximum absolute atomic E-state index is 12.5. The molecule has 1 aliphatic heterocycles. The minimum Gasteiger partial charge on any atom is -0.341 e. The Hall–Kier alpha value is -3.09. The molecule has 27 heavy (non-hydrogen) atoms. The predicted molar refractivity (Wildman–Crippen MR) is 103 cm³/mol. The number of aromatic nitrogens is 5. The fourth-order valence-corrected chi connectivity index (χ4v) is 3.42. The molecule has 138 valence electrons. The Labute approximate surface area is 157 Å². The van der Waals surface area contributed by atoms with E-state index in [4.69, 9.17) is 0 Å². The van der Waals surface area contributed by atoms with Gasteiger partial charge in [0, 0.05) is 55.5 Å². The number of hydrogen-bond donors (Lipinski definition) is 0. The van der Waals surface area contributed by atoms with Crippen molar-refractivity contribution in [3.63, 3.8) is 0 Å². The summed E-state index contributed by atoms with van der Waals surface area (Å²) < 4.78 is 1.71. The summed E-state index contributed by atoms with van der Waals surface area (Å²) in [5, 5.41) is 0. The lowest BCUT2D eigenvalue weighted by Gasteiger charge is -2.32. The van der Waals surface area contributed by atoms with E-state index in [0.717, 1.165) is 43.1 Å². The predicted octanol–water partition coefficient (Wildman–Crippen LogP) is 2.32. The first-order chi connectivity index (χ1) is 13.2. The van der Waals surface area contributed by atoms with Crippen molar-refractivity contribution in [1.82, 2.24) is 24.5 Å². The van der Waals surface area contributed by atoms with Gasteiger partial charge in [-0.15, -0.1) is 0 Å². The lowest BCUT2D eigenvalue weighted by atomic mass is 9.97. The molecule has 0 radical (unpaired) electrons. The topological polar surface area (TPSA) is 76.8 Å². The van der Waals surface area contributed by atoms with Crippen molar-refractivity contribution in [3.8, 4) is 11.3 Å². The largest absolute Gasteiger partial charge is 0.341 e. The van der Waals surface area contributed by atoms with Gasteiger partial charge in [-0.25, -0.2) is 15.0 Å².